The summed E-state index contributed by atoms with van der Waals surface area (Å²) < 4.78 is 25.9. The van der Waals surface area contributed by atoms with Gasteiger partial charge in [-0.25, -0.2) is 17.7 Å². The molecule has 0 amide bonds. The smallest absolute Gasteiger partial charge is 0.264 e. The molecular formula is C23H29ClN6O6S2. The van der Waals surface area contributed by atoms with Crippen LogP contribution < -0.4 is 15.8 Å². The lowest BCUT2D eigenvalue weighted by Gasteiger charge is -2.59. The quantitative estimate of drug-likeness (QED) is 0.267. The number of aromatic nitrogens is 3. The Hall–Kier alpha value is -2.33. The van der Waals surface area contributed by atoms with E-state index < -0.39 is 39.8 Å². The molecule has 3 aliphatic rings. The number of aliphatic hydroxyl groups is 3. The minimum atomic E-state index is -3.22. The Balaban J connectivity index is 0.00000294. The number of hydrogen-bond donors (Lipinski definition) is 5. The van der Waals surface area contributed by atoms with Crippen LogP contribution in [0.2, 0.25) is 0 Å². The van der Waals surface area contributed by atoms with Gasteiger partial charge in [0.1, 0.15) is 22.5 Å². The number of nitrogens with zero attached hydrogens (tertiary/aromatic N) is 4. The van der Waals surface area contributed by atoms with Gasteiger partial charge >= 0.3 is 0 Å². The van der Waals surface area contributed by atoms with E-state index in [1.165, 1.54) is 21.9 Å². The summed E-state index contributed by atoms with van der Waals surface area (Å²) in [4.78, 5) is 27.5. The highest BCUT2D eigenvalue weighted by atomic mass is 35.5. The zero-order chi connectivity index (χ0) is 26.1. The first kappa shape index (κ1) is 27.2. The number of thiazole rings is 1. The van der Waals surface area contributed by atoms with Gasteiger partial charge < -0.3 is 25.5 Å². The molecule has 2 saturated heterocycles. The predicted molar refractivity (Wildman–Crippen MR) is 146 cm³/mol. The fourth-order valence-electron chi connectivity index (χ4n) is 5.57. The van der Waals surface area contributed by atoms with Crippen LogP contribution in [-0.4, -0.2) is 100 Å². The molecule has 4 heterocycles. The molecule has 1 aromatic carbocycles. The van der Waals surface area contributed by atoms with E-state index in [2.05, 4.69) is 15.3 Å². The van der Waals surface area contributed by atoms with Crippen LogP contribution in [-0.2, 0) is 10.0 Å². The number of halogens is 1. The number of para-hydroxylation sites is 1. The summed E-state index contributed by atoms with van der Waals surface area (Å²) in [5, 5.41) is 34.1. The number of aromatic amines is 1. The molecule has 4 atom stereocenters. The fraction of sp³-hybridized carbons (Fsp3) is 0.522. The maximum atomic E-state index is 13.4. The lowest BCUT2D eigenvalue weighted by molar-refractivity contribution is 0.00445. The molecule has 2 aliphatic heterocycles. The Kier molecular flexibility index (Phi) is 6.95. The first-order chi connectivity index (χ1) is 17.6. The average Bonchev–Trinajstić information content (AvgIpc) is 3.32. The van der Waals surface area contributed by atoms with Crippen LogP contribution in [0.1, 0.15) is 6.42 Å². The topological polar surface area (TPSA) is 172 Å². The molecule has 0 radical (unpaired) electrons. The Morgan fingerprint density at radius 1 is 1.16 bits per heavy atom. The molecule has 12 nitrogen and oxygen atoms in total. The molecule has 6 rings (SSSR count). The monoisotopic (exact) mass is 584 g/mol. The first-order valence-electron chi connectivity index (χ1n) is 12.0. The Morgan fingerprint density at radius 3 is 2.50 bits per heavy atom. The second-order valence-electron chi connectivity index (χ2n) is 10.4. The molecule has 15 heteroatoms. The van der Waals surface area contributed by atoms with Crippen LogP contribution >= 0.6 is 23.7 Å². The third-order valence-corrected chi connectivity index (χ3v) is 9.87. The predicted octanol–water partition coefficient (Wildman–Crippen LogP) is 0.0645. The number of nitrogens with one attached hydrogen (secondary N) is 2. The number of hydrogen-bond acceptors (Lipinski definition) is 11. The standard InChI is InChI=1S/C23H28N6O6S2.ClH/c1-37(34,35)29-10-23(11-29)8-28(9-23)22-26-19(24-14-6-12(7-30)17(31)18(14)32)16(20(33)27-22)21-25-13-4-2-3-5-15(13)36-21;/h2-5,12,14,17-18,30-32H,6-11H2,1H3,(H2,24,26,27,33);1H/t12-,14-,17-,18+;/m1./s1. The largest absolute Gasteiger partial charge is 0.396 e. The van der Waals surface area contributed by atoms with Crippen molar-refractivity contribution in [2.75, 3.05) is 49.3 Å². The summed E-state index contributed by atoms with van der Waals surface area (Å²) in [6, 6.07) is 6.91. The summed E-state index contributed by atoms with van der Waals surface area (Å²) in [5.41, 5.74) is 0.437. The molecule has 3 fully saturated rings. The first-order valence-corrected chi connectivity index (χ1v) is 14.7. The number of benzene rings is 1. The van der Waals surface area contributed by atoms with Crippen molar-refractivity contribution in [1.29, 1.82) is 0 Å². The van der Waals surface area contributed by atoms with Gasteiger partial charge in [0.2, 0.25) is 16.0 Å². The number of fused-ring (bicyclic) bond motifs is 1. The molecule has 1 spiro atoms. The zero-order valence-electron chi connectivity index (χ0n) is 20.4. The lowest BCUT2D eigenvalue weighted by Crippen LogP contribution is -2.73. The van der Waals surface area contributed by atoms with Gasteiger partial charge in [0.05, 0.1) is 28.6 Å². The van der Waals surface area contributed by atoms with Crippen molar-refractivity contribution in [2.45, 2.75) is 24.7 Å². The highest BCUT2D eigenvalue weighted by molar-refractivity contribution is 7.88. The maximum Gasteiger partial charge on any atom is 0.264 e. The molecule has 38 heavy (non-hydrogen) atoms. The summed E-state index contributed by atoms with van der Waals surface area (Å²) in [6.07, 6.45) is -0.740. The van der Waals surface area contributed by atoms with E-state index in [0.29, 0.717) is 43.6 Å². The summed E-state index contributed by atoms with van der Waals surface area (Å²) in [6.45, 7) is 1.72. The molecule has 0 bridgehead atoms. The fourth-order valence-corrected chi connectivity index (χ4v) is 7.59. The van der Waals surface area contributed by atoms with Gasteiger partial charge in [-0.05, 0) is 18.6 Å². The minimum Gasteiger partial charge on any atom is -0.396 e. The molecule has 3 aromatic rings. The van der Waals surface area contributed by atoms with Crippen molar-refractivity contribution >= 4 is 55.7 Å². The molecular weight excluding hydrogens is 556 g/mol. The van der Waals surface area contributed by atoms with Crippen molar-refractivity contribution in [3.8, 4) is 10.6 Å². The molecule has 206 valence electrons. The van der Waals surface area contributed by atoms with Gasteiger partial charge in [0.25, 0.3) is 5.56 Å². The number of H-pyrrole nitrogens is 1. The van der Waals surface area contributed by atoms with E-state index in [1.54, 1.807) is 0 Å². The van der Waals surface area contributed by atoms with Crippen LogP contribution in [0.4, 0.5) is 11.8 Å². The Bertz CT molecular complexity index is 1480. The number of anilines is 2. The number of sulfonamides is 1. The Labute approximate surface area is 228 Å². The molecule has 5 N–H and O–H groups in total. The van der Waals surface area contributed by atoms with Crippen molar-refractivity contribution in [1.82, 2.24) is 19.3 Å². The average molecular weight is 585 g/mol. The van der Waals surface area contributed by atoms with Gasteiger partial charge in [-0.15, -0.1) is 23.7 Å². The summed E-state index contributed by atoms with van der Waals surface area (Å²) in [7, 11) is -3.22. The second kappa shape index (κ2) is 9.70. The minimum absolute atomic E-state index is 0. The summed E-state index contributed by atoms with van der Waals surface area (Å²) >= 11 is 1.35. The van der Waals surface area contributed by atoms with E-state index >= 15 is 0 Å². The third-order valence-electron chi connectivity index (χ3n) is 7.62. The van der Waals surface area contributed by atoms with E-state index in [-0.39, 0.29) is 35.8 Å². The van der Waals surface area contributed by atoms with Crippen LogP contribution in [0.3, 0.4) is 0 Å². The molecule has 2 aromatic heterocycles. The van der Waals surface area contributed by atoms with Crippen molar-refractivity contribution in [3.63, 3.8) is 0 Å². The van der Waals surface area contributed by atoms with Crippen LogP contribution in [0.25, 0.3) is 20.8 Å². The summed E-state index contributed by atoms with van der Waals surface area (Å²) in [5.74, 6) is 0.0824. The second-order valence-corrected chi connectivity index (χ2v) is 13.4. The molecule has 1 saturated carbocycles. The van der Waals surface area contributed by atoms with Gasteiger partial charge in [0.15, 0.2) is 0 Å². The molecule has 0 unspecified atom stereocenters. The van der Waals surface area contributed by atoms with E-state index in [4.69, 9.17) is 4.98 Å². The van der Waals surface area contributed by atoms with E-state index in [1.807, 2.05) is 29.2 Å². The van der Waals surface area contributed by atoms with Crippen LogP contribution in [0, 0.1) is 11.3 Å². The van der Waals surface area contributed by atoms with Gasteiger partial charge in [-0.3, -0.25) is 9.78 Å². The SMILES string of the molecule is CS(=O)(=O)N1CC2(CN(c3nc(N[C@@H]4C[C@H](CO)[C@@H](O)[C@H]4O)c(-c4nc5ccccc5s4)c(=O)[nH]3)C2)C1.Cl. The third kappa shape index (κ3) is 4.57. The maximum absolute atomic E-state index is 13.4. The van der Waals surface area contributed by atoms with Gasteiger partial charge in [0, 0.05) is 44.1 Å². The highest BCUT2D eigenvalue weighted by Crippen LogP contribution is 2.42. The highest BCUT2D eigenvalue weighted by Gasteiger charge is 2.55. The van der Waals surface area contributed by atoms with Crippen molar-refractivity contribution < 1.29 is 23.7 Å². The van der Waals surface area contributed by atoms with Gasteiger partial charge in [-0.2, -0.15) is 4.98 Å². The lowest BCUT2D eigenvalue weighted by atomic mass is 9.74. The van der Waals surface area contributed by atoms with Crippen LogP contribution in [0.15, 0.2) is 29.1 Å². The number of aliphatic hydroxyl groups excluding tert-OH is 3. The van der Waals surface area contributed by atoms with E-state index in [0.717, 1.165) is 10.2 Å². The van der Waals surface area contributed by atoms with Gasteiger partial charge in [-0.1, -0.05) is 12.1 Å². The van der Waals surface area contributed by atoms with Crippen molar-refractivity contribution in [2.24, 2.45) is 11.3 Å². The van der Waals surface area contributed by atoms with Crippen molar-refractivity contribution in [3.05, 3.63) is 34.6 Å². The van der Waals surface area contributed by atoms with Crippen LogP contribution in [0.5, 0.6) is 0 Å². The number of rotatable bonds is 6. The van der Waals surface area contributed by atoms with E-state index in [9.17, 15) is 28.5 Å². The normalized spacial score (nSPS) is 26.7. The molecule has 1 aliphatic carbocycles. The zero-order valence-corrected chi connectivity index (χ0v) is 22.9. The Morgan fingerprint density at radius 2 is 1.87 bits per heavy atom.